The summed E-state index contributed by atoms with van der Waals surface area (Å²) in [6, 6.07) is 7.68. The van der Waals surface area contributed by atoms with E-state index in [1.165, 1.54) is 12.8 Å². The lowest BCUT2D eigenvalue weighted by molar-refractivity contribution is 0.598. The summed E-state index contributed by atoms with van der Waals surface area (Å²) in [5.41, 5.74) is 1.77. The van der Waals surface area contributed by atoms with Crippen molar-refractivity contribution < 1.29 is 8.42 Å². The van der Waals surface area contributed by atoms with Crippen LogP contribution in [0.4, 0.5) is 11.4 Å². The molecule has 1 heterocycles. The van der Waals surface area contributed by atoms with Gasteiger partial charge in [-0.1, -0.05) is 19.4 Å². The molecule has 1 N–H and O–H groups in total. The number of nitrogens with one attached hydrogen (secondary N) is 1. The third kappa shape index (κ3) is 4.13. The van der Waals surface area contributed by atoms with Gasteiger partial charge >= 0.3 is 0 Å². The summed E-state index contributed by atoms with van der Waals surface area (Å²) in [5, 5.41) is 0. The molecule has 5 heteroatoms. The number of rotatable bonds is 6. The van der Waals surface area contributed by atoms with Crippen molar-refractivity contribution >= 4 is 21.4 Å². The number of nitrogens with zero attached hydrogens (tertiary/aromatic N) is 1. The molecule has 0 spiro atoms. The van der Waals surface area contributed by atoms with Crippen molar-refractivity contribution in [1.82, 2.24) is 0 Å². The van der Waals surface area contributed by atoms with Crippen LogP contribution in [0.5, 0.6) is 0 Å². The van der Waals surface area contributed by atoms with E-state index < -0.39 is 10.0 Å². The average Bonchev–Trinajstić information content (AvgIpc) is 2.90. The van der Waals surface area contributed by atoms with Crippen LogP contribution < -0.4 is 9.62 Å². The SMILES string of the molecule is CCCCS(=O)(=O)Nc1cccc(N2CCCC2)c1. The molecule has 0 radical (unpaired) electrons. The predicted molar refractivity (Wildman–Crippen MR) is 80.2 cm³/mol. The van der Waals surface area contributed by atoms with E-state index in [9.17, 15) is 8.42 Å². The highest BCUT2D eigenvalue weighted by atomic mass is 32.2. The largest absolute Gasteiger partial charge is 0.371 e. The summed E-state index contributed by atoms with van der Waals surface area (Å²) < 4.78 is 26.4. The summed E-state index contributed by atoms with van der Waals surface area (Å²) >= 11 is 0. The fraction of sp³-hybridized carbons (Fsp3) is 0.571. The topological polar surface area (TPSA) is 49.4 Å². The summed E-state index contributed by atoms with van der Waals surface area (Å²) in [6.07, 6.45) is 4.01. The maximum absolute atomic E-state index is 11.9. The second-order valence-electron chi connectivity index (χ2n) is 5.02. The minimum atomic E-state index is -3.21. The molecule has 0 aromatic heterocycles. The third-order valence-electron chi connectivity index (χ3n) is 3.36. The Morgan fingerprint density at radius 2 is 2.00 bits per heavy atom. The molecular formula is C14H22N2O2S. The summed E-state index contributed by atoms with van der Waals surface area (Å²) in [6.45, 7) is 4.11. The van der Waals surface area contributed by atoms with E-state index in [4.69, 9.17) is 0 Å². The summed E-state index contributed by atoms with van der Waals surface area (Å²) in [5.74, 6) is 0.192. The number of sulfonamides is 1. The number of hydrogen-bond acceptors (Lipinski definition) is 3. The van der Waals surface area contributed by atoms with Crippen LogP contribution in [-0.2, 0) is 10.0 Å². The van der Waals surface area contributed by atoms with Crippen molar-refractivity contribution in [3.63, 3.8) is 0 Å². The van der Waals surface area contributed by atoms with Crippen LogP contribution in [0.2, 0.25) is 0 Å². The zero-order valence-corrected chi connectivity index (χ0v) is 12.2. The van der Waals surface area contributed by atoms with Crippen LogP contribution in [0, 0.1) is 0 Å². The monoisotopic (exact) mass is 282 g/mol. The average molecular weight is 282 g/mol. The van der Waals surface area contributed by atoms with Gasteiger partial charge in [0, 0.05) is 18.8 Å². The second kappa shape index (κ2) is 6.28. The molecule has 19 heavy (non-hydrogen) atoms. The van der Waals surface area contributed by atoms with Gasteiger partial charge in [-0.05, 0) is 37.5 Å². The van der Waals surface area contributed by atoms with E-state index in [0.717, 1.165) is 25.2 Å². The van der Waals surface area contributed by atoms with Crippen molar-refractivity contribution in [2.45, 2.75) is 32.6 Å². The normalized spacial score (nSPS) is 15.7. The van der Waals surface area contributed by atoms with Crippen LogP contribution in [0.1, 0.15) is 32.6 Å². The maximum atomic E-state index is 11.9. The van der Waals surface area contributed by atoms with E-state index >= 15 is 0 Å². The number of benzene rings is 1. The van der Waals surface area contributed by atoms with Crippen molar-refractivity contribution in [2.75, 3.05) is 28.5 Å². The summed E-state index contributed by atoms with van der Waals surface area (Å²) in [7, 11) is -3.21. The van der Waals surface area contributed by atoms with Crippen LogP contribution in [0.25, 0.3) is 0 Å². The van der Waals surface area contributed by atoms with Gasteiger partial charge in [0.1, 0.15) is 0 Å². The molecule has 1 aromatic carbocycles. The van der Waals surface area contributed by atoms with Gasteiger partial charge < -0.3 is 4.90 Å². The highest BCUT2D eigenvalue weighted by Gasteiger charge is 2.14. The first-order chi connectivity index (χ1) is 9.11. The van der Waals surface area contributed by atoms with Gasteiger partial charge in [0.25, 0.3) is 0 Å². The molecule has 1 aliphatic heterocycles. The van der Waals surface area contributed by atoms with Gasteiger partial charge in [-0.15, -0.1) is 0 Å². The maximum Gasteiger partial charge on any atom is 0.232 e. The van der Waals surface area contributed by atoms with Crippen LogP contribution in [0.15, 0.2) is 24.3 Å². The highest BCUT2D eigenvalue weighted by Crippen LogP contribution is 2.23. The van der Waals surface area contributed by atoms with Gasteiger partial charge in [-0.3, -0.25) is 4.72 Å². The van der Waals surface area contributed by atoms with Crippen LogP contribution in [-0.4, -0.2) is 27.3 Å². The number of unbranched alkanes of at least 4 members (excludes halogenated alkanes) is 1. The molecular weight excluding hydrogens is 260 g/mol. The summed E-state index contributed by atoms with van der Waals surface area (Å²) in [4.78, 5) is 2.30. The van der Waals surface area contributed by atoms with E-state index in [0.29, 0.717) is 12.1 Å². The minimum absolute atomic E-state index is 0.192. The molecule has 0 bridgehead atoms. The quantitative estimate of drug-likeness (QED) is 0.873. The Hall–Kier alpha value is -1.23. The smallest absolute Gasteiger partial charge is 0.232 e. The Morgan fingerprint density at radius 1 is 1.26 bits per heavy atom. The molecule has 4 nitrogen and oxygen atoms in total. The molecule has 2 rings (SSSR count). The Bertz CT molecular complexity index is 508. The van der Waals surface area contributed by atoms with Gasteiger partial charge in [0.15, 0.2) is 0 Å². The van der Waals surface area contributed by atoms with Gasteiger partial charge in [0.05, 0.1) is 11.4 Å². The zero-order chi connectivity index (χ0) is 13.7. The first-order valence-corrected chi connectivity index (χ1v) is 8.61. The fourth-order valence-corrected chi connectivity index (χ4v) is 3.56. The molecule has 0 atom stereocenters. The predicted octanol–water partition coefficient (Wildman–Crippen LogP) is 2.83. The molecule has 0 unspecified atom stereocenters. The first-order valence-electron chi connectivity index (χ1n) is 6.96. The van der Waals surface area contributed by atoms with E-state index in [1.54, 1.807) is 0 Å². The molecule has 0 saturated carbocycles. The highest BCUT2D eigenvalue weighted by molar-refractivity contribution is 7.92. The van der Waals surface area contributed by atoms with Gasteiger partial charge in [-0.25, -0.2) is 8.42 Å². The number of hydrogen-bond donors (Lipinski definition) is 1. The second-order valence-corrected chi connectivity index (χ2v) is 6.86. The molecule has 106 valence electrons. The van der Waals surface area contributed by atoms with Crippen LogP contribution in [0.3, 0.4) is 0 Å². The minimum Gasteiger partial charge on any atom is -0.371 e. The Balaban J connectivity index is 2.06. The van der Waals surface area contributed by atoms with E-state index in [2.05, 4.69) is 9.62 Å². The van der Waals surface area contributed by atoms with E-state index in [1.807, 2.05) is 31.2 Å². The lowest BCUT2D eigenvalue weighted by atomic mass is 10.2. The molecule has 1 saturated heterocycles. The Morgan fingerprint density at radius 3 is 2.68 bits per heavy atom. The van der Waals surface area contributed by atoms with Crippen LogP contribution >= 0.6 is 0 Å². The van der Waals surface area contributed by atoms with Gasteiger partial charge in [0.2, 0.25) is 10.0 Å². The van der Waals surface area contributed by atoms with Crippen molar-refractivity contribution in [3.05, 3.63) is 24.3 Å². The van der Waals surface area contributed by atoms with Gasteiger partial charge in [-0.2, -0.15) is 0 Å². The lowest BCUT2D eigenvalue weighted by Gasteiger charge is -2.18. The molecule has 1 fully saturated rings. The fourth-order valence-electron chi connectivity index (χ4n) is 2.31. The number of anilines is 2. The molecule has 0 amide bonds. The Labute approximate surface area is 115 Å². The van der Waals surface area contributed by atoms with E-state index in [-0.39, 0.29) is 5.75 Å². The van der Waals surface area contributed by atoms with Crippen molar-refractivity contribution in [1.29, 1.82) is 0 Å². The lowest BCUT2D eigenvalue weighted by Crippen LogP contribution is -2.19. The van der Waals surface area contributed by atoms with Crippen molar-refractivity contribution in [3.8, 4) is 0 Å². The molecule has 1 aromatic rings. The molecule has 0 aliphatic carbocycles. The van der Waals surface area contributed by atoms with Crippen molar-refractivity contribution in [2.24, 2.45) is 0 Å². The standard InChI is InChI=1S/C14H22N2O2S/c1-2-3-11-19(17,18)15-13-7-6-8-14(12-13)16-9-4-5-10-16/h6-8,12,15H,2-5,9-11H2,1H3. The first kappa shape index (κ1) is 14.2. The zero-order valence-electron chi connectivity index (χ0n) is 11.4. The third-order valence-corrected chi connectivity index (χ3v) is 4.73. The Kier molecular flexibility index (Phi) is 4.69. The molecule has 1 aliphatic rings.